The summed E-state index contributed by atoms with van der Waals surface area (Å²) in [6, 6.07) is 13.6. The van der Waals surface area contributed by atoms with Gasteiger partial charge in [-0.05, 0) is 30.7 Å². The zero-order valence-electron chi connectivity index (χ0n) is 13.7. The lowest BCUT2D eigenvalue weighted by molar-refractivity contribution is 0.207. The zero-order chi connectivity index (χ0) is 16.5. The molecule has 1 aromatic carbocycles. The van der Waals surface area contributed by atoms with Gasteiger partial charge in [0.2, 0.25) is 5.88 Å². The molecule has 4 rings (SSSR count). The fourth-order valence-electron chi connectivity index (χ4n) is 3.38. The Bertz CT molecular complexity index is 932. The number of fused-ring (bicyclic) bond motifs is 2. The summed E-state index contributed by atoms with van der Waals surface area (Å²) in [6.45, 7) is 2.17. The number of hydrogen-bond acceptors (Lipinski definition) is 3. The first-order valence-corrected chi connectivity index (χ1v) is 8.54. The van der Waals surface area contributed by atoms with Crippen molar-refractivity contribution in [3.8, 4) is 11.6 Å². The Morgan fingerprint density at radius 2 is 2.04 bits per heavy atom. The van der Waals surface area contributed by atoms with Gasteiger partial charge in [0.05, 0.1) is 16.6 Å². The highest BCUT2D eigenvalue weighted by atomic mass is 16.5. The van der Waals surface area contributed by atoms with Gasteiger partial charge in [0.15, 0.2) is 11.1 Å². The van der Waals surface area contributed by atoms with Gasteiger partial charge < -0.3 is 4.74 Å². The molecule has 1 aliphatic rings. The molecule has 24 heavy (non-hydrogen) atoms. The first kappa shape index (κ1) is 14.9. The van der Waals surface area contributed by atoms with E-state index < -0.39 is 0 Å². The molecule has 0 radical (unpaired) electrons. The predicted octanol–water partition coefficient (Wildman–Crippen LogP) is 3.88. The van der Waals surface area contributed by atoms with Crippen LogP contribution in [0, 0.1) is 0 Å². The molecule has 3 heterocycles. The van der Waals surface area contributed by atoms with Gasteiger partial charge in [-0.3, -0.25) is 9.36 Å². The van der Waals surface area contributed by atoms with Gasteiger partial charge in [0, 0.05) is 12.6 Å². The molecule has 0 fully saturated rings. The van der Waals surface area contributed by atoms with E-state index in [1.807, 2.05) is 47.0 Å². The number of hydrogen-bond donors (Lipinski definition) is 0. The van der Waals surface area contributed by atoms with E-state index in [9.17, 15) is 4.79 Å². The molecule has 0 saturated carbocycles. The average Bonchev–Trinajstić information content (AvgIpc) is 3.05. The van der Waals surface area contributed by atoms with Crippen LogP contribution in [0.15, 0.2) is 53.5 Å². The molecule has 0 amide bonds. The summed E-state index contributed by atoms with van der Waals surface area (Å²) >= 11 is 0. The van der Waals surface area contributed by atoms with E-state index in [1.54, 1.807) is 6.20 Å². The van der Waals surface area contributed by atoms with Crippen LogP contribution in [0.5, 0.6) is 5.88 Å². The highest BCUT2D eigenvalue weighted by molar-refractivity contribution is 5.79. The smallest absolute Gasteiger partial charge is 0.207 e. The molecular weight excluding hydrogens is 300 g/mol. The molecular formula is C20H20N2O2. The predicted molar refractivity (Wildman–Crippen MR) is 95.0 cm³/mol. The molecule has 1 atom stereocenters. The normalized spacial score (nSPS) is 16.1. The number of benzene rings is 1. The summed E-state index contributed by atoms with van der Waals surface area (Å²) < 4.78 is 8.19. The Hall–Kier alpha value is -2.62. The van der Waals surface area contributed by atoms with E-state index in [0.29, 0.717) is 23.3 Å². The van der Waals surface area contributed by atoms with Gasteiger partial charge in [-0.1, -0.05) is 38.0 Å². The maximum absolute atomic E-state index is 12.9. The van der Waals surface area contributed by atoms with E-state index in [2.05, 4.69) is 11.9 Å². The molecule has 0 N–H and O–H groups in total. The second-order valence-electron chi connectivity index (χ2n) is 6.24. The van der Waals surface area contributed by atoms with Crippen LogP contribution < -0.4 is 10.2 Å². The highest BCUT2D eigenvalue weighted by Crippen LogP contribution is 2.33. The largest absolute Gasteiger partial charge is 0.475 e. The van der Waals surface area contributed by atoms with Crippen molar-refractivity contribution in [2.45, 2.75) is 38.7 Å². The Balaban J connectivity index is 1.95. The SMILES string of the molecule is CCCCC1Cc2c(n(-c3ccccc3)c3ncccc3c2=O)O1. The maximum Gasteiger partial charge on any atom is 0.207 e. The van der Waals surface area contributed by atoms with Gasteiger partial charge >= 0.3 is 0 Å². The lowest BCUT2D eigenvalue weighted by atomic mass is 10.1. The maximum atomic E-state index is 12.9. The third-order valence-corrected chi connectivity index (χ3v) is 4.58. The van der Waals surface area contributed by atoms with Crippen LogP contribution in [0.2, 0.25) is 0 Å². The van der Waals surface area contributed by atoms with Crippen LogP contribution in [0.25, 0.3) is 16.7 Å². The van der Waals surface area contributed by atoms with Crippen molar-refractivity contribution in [1.82, 2.24) is 9.55 Å². The number of unbranched alkanes of at least 4 members (excludes halogenated alkanes) is 1. The quantitative estimate of drug-likeness (QED) is 0.733. The third kappa shape index (κ3) is 2.39. The van der Waals surface area contributed by atoms with Gasteiger partial charge in [-0.2, -0.15) is 0 Å². The lowest BCUT2D eigenvalue weighted by Gasteiger charge is -2.16. The Labute approximate surface area is 140 Å². The number of rotatable bonds is 4. The Morgan fingerprint density at radius 3 is 2.83 bits per heavy atom. The van der Waals surface area contributed by atoms with Crippen molar-refractivity contribution in [1.29, 1.82) is 0 Å². The first-order valence-electron chi connectivity index (χ1n) is 8.54. The molecule has 0 saturated heterocycles. The second kappa shape index (κ2) is 6.11. The van der Waals surface area contributed by atoms with Crippen LogP contribution >= 0.6 is 0 Å². The fourth-order valence-corrected chi connectivity index (χ4v) is 3.38. The minimum atomic E-state index is 0.0549. The van der Waals surface area contributed by atoms with Crippen molar-refractivity contribution < 1.29 is 4.74 Å². The summed E-state index contributed by atoms with van der Waals surface area (Å²) in [7, 11) is 0. The monoisotopic (exact) mass is 320 g/mol. The summed E-state index contributed by atoms with van der Waals surface area (Å²) in [5.74, 6) is 0.665. The van der Waals surface area contributed by atoms with Gasteiger partial charge in [-0.15, -0.1) is 0 Å². The van der Waals surface area contributed by atoms with Gasteiger partial charge in [0.1, 0.15) is 6.10 Å². The molecule has 122 valence electrons. The van der Waals surface area contributed by atoms with Crippen molar-refractivity contribution >= 4 is 11.0 Å². The molecule has 3 aromatic rings. The zero-order valence-corrected chi connectivity index (χ0v) is 13.7. The number of para-hydroxylation sites is 1. The standard InChI is InChI=1S/C20H20N2O2/c1-2-3-10-15-13-17-18(23)16-11-7-12-21-19(16)22(20(17)24-15)14-8-5-4-6-9-14/h4-9,11-12,15H,2-3,10,13H2,1H3. The third-order valence-electron chi connectivity index (χ3n) is 4.58. The van der Waals surface area contributed by atoms with E-state index in [0.717, 1.165) is 30.5 Å². The van der Waals surface area contributed by atoms with Crippen LogP contribution in [-0.4, -0.2) is 15.7 Å². The molecule has 1 unspecified atom stereocenters. The second-order valence-corrected chi connectivity index (χ2v) is 6.24. The summed E-state index contributed by atoms with van der Waals surface area (Å²) in [6.07, 6.45) is 5.70. The molecule has 2 aromatic heterocycles. The van der Waals surface area contributed by atoms with Gasteiger partial charge in [-0.25, -0.2) is 4.98 Å². The van der Waals surface area contributed by atoms with Crippen molar-refractivity contribution in [2.24, 2.45) is 0 Å². The van der Waals surface area contributed by atoms with Crippen molar-refractivity contribution in [3.05, 3.63) is 64.4 Å². The fraction of sp³-hybridized carbons (Fsp3) is 0.300. The number of nitrogens with zero attached hydrogens (tertiary/aromatic N) is 2. The Kier molecular flexibility index (Phi) is 3.81. The number of pyridine rings is 2. The molecule has 4 heteroatoms. The van der Waals surface area contributed by atoms with Crippen molar-refractivity contribution in [3.63, 3.8) is 0 Å². The van der Waals surface area contributed by atoms with Crippen LogP contribution in [0.3, 0.4) is 0 Å². The topological polar surface area (TPSA) is 44.1 Å². The van der Waals surface area contributed by atoms with Gasteiger partial charge in [0.25, 0.3) is 0 Å². The minimum absolute atomic E-state index is 0.0549. The summed E-state index contributed by atoms with van der Waals surface area (Å²) in [5.41, 5.74) is 2.46. The van der Waals surface area contributed by atoms with E-state index in [1.165, 1.54) is 0 Å². The Morgan fingerprint density at radius 1 is 1.21 bits per heavy atom. The van der Waals surface area contributed by atoms with E-state index in [-0.39, 0.29) is 11.5 Å². The van der Waals surface area contributed by atoms with Crippen molar-refractivity contribution in [2.75, 3.05) is 0 Å². The van der Waals surface area contributed by atoms with E-state index in [4.69, 9.17) is 4.74 Å². The van der Waals surface area contributed by atoms with Crippen LogP contribution in [0.4, 0.5) is 0 Å². The molecule has 1 aliphatic heterocycles. The molecule has 0 bridgehead atoms. The number of aromatic nitrogens is 2. The van der Waals surface area contributed by atoms with E-state index >= 15 is 0 Å². The number of ether oxygens (including phenoxy) is 1. The van der Waals surface area contributed by atoms with Crippen LogP contribution in [0.1, 0.15) is 31.7 Å². The highest BCUT2D eigenvalue weighted by Gasteiger charge is 2.30. The first-order chi connectivity index (χ1) is 11.8. The lowest BCUT2D eigenvalue weighted by Crippen LogP contribution is -2.14. The molecule has 4 nitrogen and oxygen atoms in total. The minimum Gasteiger partial charge on any atom is -0.475 e. The molecule has 0 aliphatic carbocycles. The summed E-state index contributed by atoms with van der Waals surface area (Å²) in [5, 5.41) is 0.653. The molecule has 0 spiro atoms. The van der Waals surface area contributed by atoms with Crippen LogP contribution in [-0.2, 0) is 6.42 Å². The average molecular weight is 320 g/mol. The summed E-state index contributed by atoms with van der Waals surface area (Å²) in [4.78, 5) is 17.4.